The number of hydrogen-bond acceptors (Lipinski definition) is 3. The van der Waals surface area contributed by atoms with Crippen LogP contribution in [0.15, 0.2) is 55.1 Å². The van der Waals surface area contributed by atoms with Crippen LogP contribution in [0.4, 0.5) is 0 Å². The second-order valence-corrected chi connectivity index (χ2v) is 4.46. The van der Waals surface area contributed by atoms with E-state index in [0.717, 1.165) is 5.56 Å². The summed E-state index contributed by atoms with van der Waals surface area (Å²) in [5.41, 5.74) is 2.06. The Labute approximate surface area is 126 Å². The van der Waals surface area contributed by atoms with E-state index in [-0.39, 0.29) is 5.56 Å². The molecule has 1 aromatic carbocycles. The molecule has 3 aromatic rings. The molecule has 106 valence electrons. The number of aromatic nitrogens is 3. The Kier molecular flexibility index (Phi) is 3.67. The van der Waals surface area contributed by atoms with Gasteiger partial charge in [0.2, 0.25) is 0 Å². The van der Waals surface area contributed by atoms with Crippen molar-refractivity contribution in [2.45, 2.75) is 0 Å². The van der Waals surface area contributed by atoms with E-state index in [1.165, 1.54) is 6.07 Å². The minimum atomic E-state index is -1.01. The molecular weight excluding hydrogens is 278 g/mol. The summed E-state index contributed by atoms with van der Waals surface area (Å²) in [4.78, 5) is 22.5. The van der Waals surface area contributed by atoms with Gasteiger partial charge >= 0.3 is 5.97 Å². The van der Waals surface area contributed by atoms with E-state index in [2.05, 4.69) is 26.8 Å². The number of nitrogens with zero attached hydrogens (tertiary/aromatic N) is 2. The Morgan fingerprint density at radius 2 is 1.91 bits per heavy atom. The Hall–Kier alpha value is -3.39. The van der Waals surface area contributed by atoms with Gasteiger partial charge < -0.3 is 10.1 Å². The summed E-state index contributed by atoms with van der Waals surface area (Å²) in [6.45, 7) is 0. The normalized spacial score (nSPS) is 9.82. The lowest BCUT2D eigenvalue weighted by Gasteiger charge is -2.06. The average molecular weight is 289 g/mol. The maximum absolute atomic E-state index is 11.4. The highest BCUT2D eigenvalue weighted by Crippen LogP contribution is 2.24. The Morgan fingerprint density at radius 3 is 2.59 bits per heavy atom. The van der Waals surface area contributed by atoms with Crippen LogP contribution in [0.1, 0.15) is 21.5 Å². The molecule has 2 N–H and O–H groups in total. The lowest BCUT2D eigenvalue weighted by molar-refractivity contribution is 0.0697. The number of carboxylic acids is 1. The number of carboxylic acid groups (broad SMARTS) is 1. The fourth-order valence-electron chi connectivity index (χ4n) is 2.07. The lowest BCUT2D eigenvalue weighted by atomic mass is 10.00. The van der Waals surface area contributed by atoms with Crippen LogP contribution < -0.4 is 0 Å². The van der Waals surface area contributed by atoms with Gasteiger partial charge in [-0.1, -0.05) is 17.9 Å². The maximum Gasteiger partial charge on any atom is 0.336 e. The molecule has 2 heterocycles. The fraction of sp³-hybridized carbons (Fsp3) is 0. The SMILES string of the molecule is O=C(O)c1cccc(C#Cc2ccncc2)c1-c1ncc[nH]1. The molecule has 0 bridgehead atoms. The zero-order valence-corrected chi connectivity index (χ0v) is 11.4. The van der Waals surface area contributed by atoms with Gasteiger partial charge in [0.05, 0.1) is 5.56 Å². The molecule has 0 spiro atoms. The number of aromatic carboxylic acids is 1. The highest BCUT2D eigenvalue weighted by atomic mass is 16.4. The molecule has 0 amide bonds. The van der Waals surface area contributed by atoms with Crippen molar-refractivity contribution in [1.29, 1.82) is 0 Å². The predicted octanol–water partition coefficient (Wildman–Crippen LogP) is 2.57. The van der Waals surface area contributed by atoms with Gasteiger partial charge in [-0.25, -0.2) is 9.78 Å². The van der Waals surface area contributed by atoms with Crippen LogP contribution in [0.3, 0.4) is 0 Å². The topological polar surface area (TPSA) is 78.9 Å². The average Bonchev–Trinajstić information content (AvgIpc) is 3.07. The molecule has 0 atom stereocenters. The van der Waals surface area contributed by atoms with Crippen molar-refractivity contribution in [2.75, 3.05) is 0 Å². The first-order chi connectivity index (χ1) is 10.8. The quantitative estimate of drug-likeness (QED) is 0.711. The van der Waals surface area contributed by atoms with Crippen molar-refractivity contribution in [3.05, 3.63) is 71.8 Å². The number of carbonyl (C=O) groups is 1. The van der Waals surface area contributed by atoms with E-state index in [0.29, 0.717) is 17.0 Å². The largest absolute Gasteiger partial charge is 0.478 e. The van der Waals surface area contributed by atoms with Crippen molar-refractivity contribution >= 4 is 5.97 Å². The monoisotopic (exact) mass is 289 g/mol. The van der Waals surface area contributed by atoms with Gasteiger partial charge in [-0.3, -0.25) is 4.98 Å². The molecule has 5 nitrogen and oxygen atoms in total. The first-order valence-electron chi connectivity index (χ1n) is 6.54. The number of pyridine rings is 1. The van der Waals surface area contributed by atoms with Gasteiger partial charge in [0.1, 0.15) is 5.82 Å². The lowest BCUT2D eigenvalue weighted by Crippen LogP contribution is -2.02. The molecule has 0 saturated carbocycles. The Bertz CT molecular complexity index is 860. The smallest absolute Gasteiger partial charge is 0.336 e. The molecule has 5 heteroatoms. The van der Waals surface area contributed by atoms with Gasteiger partial charge in [0, 0.05) is 41.5 Å². The van der Waals surface area contributed by atoms with Crippen molar-refractivity contribution in [3.8, 4) is 23.2 Å². The van der Waals surface area contributed by atoms with Crippen molar-refractivity contribution in [3.63, 3.8) is 0 Å². The molecule has 0 radical (unpaired) electrons. The van der Waals surface area contributed by atoms with Gasteiger partial charge in [0.25, 0.3) is 0 Å². The minimum Gasteiger partial charge on any atom is -0.478 e. The summed E-state index contributed by atoms with van der Waals surface area (Å²) >= 11 is 0. The molecule has 0 fully saturated rings. The van der Waals surface area contributed by atoms with Crippen LogP contribution in [-0.4, -0.2) is 26.0 Å². The van der Waals surface area contributed by atoms with Gasteiger partial charge in [-0.05, 0) is 24.3 Å². The molecule has 0 saturated heterocycles. The molecule has 2 aromatic heterocycles. The number of benzene rings is 1. The number of hydrogen-bond donors (Lipinski definition) is 2. The summed E-state index contributed by atoms with van der Waals surface area (Å²) in [5.74, 6) is 5.49. The van der Waals surface area contributed by atoms with E-state index >= 15 is 0 Å². The van der Waals surface area contributed by atoms with Gasteiger partial charge in [-0.2, -0.15) is 0 Å². The minimum absolute atomic E-state index is 0.163. The van der Waals surface area contributed by atoms with Crippen LogP contribution in [0, 0.1) is 11.8 Å². The van der Waals surface area contributed by atoms with Gasteiger partial charge in [-0.15, -0.1) is 0 Å². The second-order valence-electron chi connectivity index (χ2n) is 4.46. The van der Waals surface area contributed by atoms with E-state index in [9.17, 15) is 9.90 Å². The zero-order chi connectivity index (χ0) is 15.4. The van der Waals surface area contributed by atoms with Crippen molar-refractivity contribution < 1.29 is 9.90 Å². The Balaban J connectivity index is 2.15. The van der Waals surface area contributed by atoms with Crippen LogP contribution >= 0.6 is 0 Å². The number of rotatable bonds is 2. The van der Waals surface area contributed by atoms with Crippen molar-refractivity contribution in [2.24, 2.45) is 0 Å². The van der Waals surface area contributed by atoms with E-state index < -0.39 is 5.97 Å². The van der Waals surface area contributed by atoms with Crippen LogP contribution in [0.25, 0.3) is 11.4 Å². The predicted molar refractivity (Wildman–Crippen MR) is 81.2 cm³/mol. The standard InChI is InChI=1S/C17H11N3O2/c21-17(22)14-3-1-2-13(15(14)16-19-10-11-20-16)5-4-12-6-8-18-9-7-12/h1-3,6-11H,(H,19,20)(H,21,22). The highest BCUT2D eigenvalue weighted by Gasteiger charge is 2.16. The Morgan fingerprint density at radius 1 is 1.09 bits per heavy atom. The first kappa shape index (κ1) is 13.6. The zero-order valence-electron chi connectivity index (χ0n) is 11.4. The summed E-state index contributed by atoms with van der Waals surface area (Å²) in [6.07, 6.45) is 6.54. The molecule has 0 aliphatic heterocycles. The fourth-order valence-corrected chi connectivity index (χ4v) is 2.07. The molecule has 3 rings (SSSR count). The third-order valence-corrected chi connectivity index (χ3v) is 3.05. The van der Waals surface area contributed by atoms with Gasteiger partial charge in [0.15, 0.2) is 0 Å². The van der Waals surface area contributed by atoms with E-state index in [1.807, 2.05) is 0 Å². The number of aromatic amines is 1. The molecular formula is C17H11N3O2. The third-order valence-electron chi connectivity index (χ3n) is 3.05. The molecule has 0 aliphatic carbocycles. The highest BCUT2D eigenvalue weighted by molar-refractivity contribution is 5.96. The van der Waals surface area contributed by atoms with E-state index in [4.69, 9.17) is 0 Å². The maximum atomic E-state index is 11.4. The van der Waals surface area contributed by atoms with Crippen LogP contribution in [0.5, 0.6) is 0 Å². The summed E-state index contributed by atoms with van der Waals surface area (Å²) in [5, 5.41) is 9.38. The number of H-pyrrole nitrogens is 1. The van der Waals surface area contributed by atoms with Crippen LogP contribution in [-0.2, 0) is 0 Å². The number of nitrogens with one attached hydrogen (secondary N) is 1. The summed E-state index contributed by atoms with van der Waals surface area (Å²) in [6, 6.07) is 8.57. The van der Waals surface area contributed by atoms with E-state index in [1.54, 1.807) is 49.1 Å². The molecule has 0 aliphatic rings. The first-order valence-corrected chi connectivity index (χ1v) is 6.54. The molecule has 0 unspecified atom stereocenters. The van der Waals surface area contributed by atoms with Crippen molar-refractivity contribution in [1.82, 2.24) is 15.0 Å². The molecule has 22 heavy (non-hydrogen) atoms. The second kappa shape index (κ2) is 5.94. The van der Waals surface area contributed by atoms with Crippen LogP contribution in [0.2, 0.25) is 0 Å². The third kappa shape index (κ3) is 2.72. The summed E-state index contributed by atoms with van der Waals surface area (Å²) < 4.78 is 0. The summed E-state index contributed by atoms with van der Waals surface area (Å²) in [7, 11) is 0. The number of imidazole rings is 1.